The Kier molecular flexibility index (Phi) is 9.62. The van der Waals surface area contributed by atoms with Crippen molar-refractivity contribution in [2.75, 3.05) is 75.8 Å². The van der Waals surface area contributed by atoms with E-state index in [0.717, 1.165) is 102 Å². The van der Waals surface area contributed by atoms with E-state index in [-0.39, 0.29) is 34.2 Å². The molecule has 4 fully saturated rings. The van der Waals surface area contributed by atoms with Crippen LogP contribution in [0.3, 0.4) is 0 Å². The zero-order valence-electron chi connectivity index (χ0n) is 30.2. The van der Waals surface area contributed by atoms with Crippen LogP contribution in [0.15, 0.2) is 42.7 Å². The number of aryl methyl sites for hydroxylation is 1. The van der Waals surface area contributed by atoms with Crippen LogP contribution in [0.1, 0.15) is 43.2 Å². The number of benzene rings is 2. The van der Waals surface area contributed by atoms with Crippen molar-refractivity contribution in [3.63, 3.8) is 0 Å². The smallest absolute Gasteiger partial charge is 0.311 e. The Morgan fingerprint density at radius 1 is 0.923 bits per heavy atom. The third kappa shape index (κ3) is 6.98. The predicted octanol–water partition coefficient (Wildman–Crippen LogP) is 3.24. The van der Waals surface area contributed by atoms with Gasteiger partial charge in [-0.2, -0.15) is 5.10 Å². The minimum atomic E-state index is -0.383. The van der Waals surface area contributed by atoms with Crippen molar-refractivity contribution < 1.29 is 19.2 Å². The Labute approximate surface area is 304 Å². The predicted molar refractivity (Wildman–Crippen MR) is 197 cm³/mol. The molecule has 2 amide bonds. The Morgan fingerprint density at radius 2 is 1.69 bits per heavy atom. The normalized spacial score (nSPS) is 23.7. The molecule has 0 radical (unpaired) electrons. The molecule has 4 saturated heterocycles. The maximum atomic E-state index is 12.5. The molecule has 5 aliphatic heterocycles. The molecule has 14 heteroatoms. The highest BCUT2D eigenvalue weighted by Gasteiger charge is 2.36. The van der Waals surface area contributed by atoms with E-state index in [9.17, 15) is 19.7 Å². The molecule has 2 aromatic carbocycles. The molecule has 0 bridgehead atoms. The van der Waals surface area contributed by atoms with Gasteiger partial charge in [0.2, 0.25) is 11.8 Å². The number of fused-ring (bicyclic) bond motifs is 1. The van der Waals surface area contributed by atoms with Crippen molar-refractivity contribution in [1.82, 2.24) is 29.8 Å². The topological polar surface area (TPSA) is 133 Å². The molecule has 0 saturated carbocycles. The van der Waals surface area contributed by atoms with Crippen LogP contribution in [0.4, 0.5) is 17.1 Å². The largest absolute Gasteiger partial charge is 0.490 e. The monoisotopic (exact) mass is 711 g/mol. The van der Waals surface area contributed by atoms with Crippen molar-refractivity contribution in [3.05, 3.63) is 64.0 Å². The number of nitrogens with one attached hydrogen (secondary N) is 1. The number of rotatable bonds is 9. The van der Waals surface area contributed by atoms with Crippen LogP contribution in [0, 0.1) is 16.0 Å². The van der Waals surface area contributed by atoms with Crippen molar-refractivity contribution >= 4 is 28.9 Å². The number of piperidine rings is 2. The lowest BCUT2D eigenvalue weighted by molar-refractivity contribution is -0.385. The van der Waals surface area contributed by atoms with Crippen LogP contribution in [0.25, 0.3) is 11.1 Å². The summed E-state index contributed by atoms with van der Waals surface area (Å²) in [6, 6.07) is 10.6. The number of aromatic nitrogens is 2. The molecule has 6 heterocycles. The zero-order valence-corrected chi connectivity index (χ0v) is 30.2. The maximum absolute atomic E-state index is 12.5. The molecular weight excluding hydrogens is 662 g/mol. The third-order valence-corrected chi connectivity index (χ3v) is 12.0. The molecule has 0 aliphatic carbocycles. The number of hydrogen-bond acceptors (Lipinski definition) is 11. The number of nitrogens with zero attached hydrogens (tertiary/aromatic N) is 8. The Bertz CT molecular complexity index is 1830. The fourth-order valence-electron chi connectivity index (χ4n) is 9.14. The van der Waals surface area contributed by atoms with Crippen molar-refractivity contribution in [3.8, 4) is 16.9 Å². The fraction of sp³-hybridized carbons (Fsp3) is 0.553. The van der Waals surface area contributed by atoms with Gasteiger partial charge in [0.1, 0.15) is 0 Å². The van der Waals surface area contributed by atoms with E-state index >= 15 is 0 Å². The number of nitro benzene ring substituents is 1. The van der Waals surface area contributed by atoms with Crippen LogP contribution in [-0.2, 0) is 29.7 Å². The third-order valence-electron chi connectivity index (χ3n) is 12.0. The van der Waals surface area contributed by atoms with Gasteiger partial charge in [0.15, 0.2) is 5.75 Å². The first-order valence-electron chi connectivity index (χ1n) is 18.7. The number of nitro groups is 1. The lowest BCUT2D eigenvalue weighted by Crippen LogP contribution is -2.54. The standard InChI is InChI=1S/C38H49N9O5/c1-41-23-29(20-39-41)32-18-35(47(50)51)36(52-2)19-34(32)44-11-8-30(9-12-44)43-15-13-42(14-16-43)21-26-7-10-45(22-26)31-4-3-27-24-46(25-28(27)17-31)33-5-6-37(48)40-38(33)49/h3-4,17-20,23,26,30,33H,5-16,21-22,24-25H2,1-2H3,(H,40,48,49). The molecule has 1 aromatic heterocycles. The van der Waals surface area contributed by atoms with E-state index in [4.69, 9.17) is 4.74 Å². The minimum Gasteiger partial charge on any atom is -0.490 e. The minimum absolute atomic E-state index is 0.0357. The summed E-state index contributed by atoms with van der Waals surface area (Å²) in [4.78, 5) is 48.0. The van der Waals surface area contributed by atoms with E-state index < -0.39 is 0 Å². The van der Waals surface area contributed by atoms with E-state index in [0.29, 0.717) is 24.8 Å². The molecule has 2 unspecified atom stereocenters. The van der Waals surface area contributed by atoms with E-state index in [1.807, 2.05) is 19.3 Å². The molecular formula is C38H49N9O5. The number of amides is 2. The Morgan fingerprint density at radius 3 is 2.40 bits per heavy atom. The first-order chi connectivity index (χ1) is 25.2. The average molecular weight is 712 g/mol. The summed E-state index contributed by atoms with van der Waals surface area (Å²) in [6.07, 6.45) is 7.98. The number of carbonyl (C=O) groups is 2. The zero-order chi connectivity index (χ0) is 35.9. The summed E-state index contributed by atoms with van der Waals surface area (Å²) >= 11 is 0. The summed E-state index contributed by atoms with van der Waals surface area (Å²) in [5.74, 6) is 0.607. The first-order valence-corrected chi connectivity index (χ1v) is 18.7. The van der Waals surface area contributed by atoms with Gasteiger partial charge in [0, 0.05) is 132 Å². The van der Waals surface area contributed by atoms with Crippen molar-refractivity contribution in [2.24, 2.45) is 13.0 Å². The highest BCUT2D eigenvalue weighted by Crippen LogP contribution is 2.41. The molecule has 52 heavy (non-hydrogen) atoms. The highest BCUT2D eigenvalue weighted by molar-refractivity contribution is 6.00. The molecule has 8 rings (SSSR count). The lowest BCUT2D eigenvalue weighted by atomic mass is 9.98. The highest BCUT2D eigenvalue weighted by atomic mass is 16.6. The maximum Gasteiger partial charge on any atom is 0.311 e. The molecule has 0 spiro atoms. The molecule has 3 aromatic rings. The van der Waals surface area contributed by atoms with E-state index in [2.05, 4.69) is 53.1 Å². The van der Waals surface area contributed by atoms with Crippen LogP contribution < -0.4 is 19.9 Å². The van der Waals surface area contributed by atoms with Crippen LogP contribution >= 0.6 is 0 Å². The quantitative estimate of drug-likeness (QED) is 0.199. The van der Waals surface area contributed by atoms with Gasteiger partial charge in [-0.3, -0.25) is 39.5 Å². The molecule has 1 N–H and O–H groups in total. The summed E-state index contributed by atoms with van der Waals surface area (Å²) in [5.41, 5.74) is 6.46. The number of hydrogen-bond donors (Lipinski definition) is 1. The van der Waals surface area contributed by atoms with Gasteiger partial charge in [-0.25, -0.2) is 0 Å². The van der Waals surface area contributed by atoms with Crippen molar-refractivity contribution in [2.45, 2.75) is 57.3 Å². The number of anilines is 2. The summed E-state index contributed by atoms with van der Waals surface area (Å²) in [5, 5.41) is 18.7. The molecule has 276 valence electrons. The first kappa shape index (κ1) is 34.6. The van der Waals surface area contributed by atoms with Gasteiger partial charge in [0.25, 0.3) is 0 Å². The molecule has 14 nitrogen and oxygen atoms in total. The summed E-state index contributed by atoms with van der Waals surface area (Å²) in [6.45, 7) is 10.9. The number of ether oxygens (including phenoxy) is 1. The average Bonchev–Trinajstić information content (AvgIpc) is 3.91. The number of carbonyl (C=O) groups excluding carboxylic acids is 2. The number of piperazine rings is 1. The Balaban J connectivity index is 0.818. The summed E-state index contributed by atoms with van der Waals surface area (Å²) < 4.78 is 7.18. The lowest BCUT2D eigenvalue weighted by Gasteiger charge is -2.44. The van der Waals surface area contributed by atoms with Crippen LogP contribution in [0.5, 0.6) is 5.75 Å². The van der Waals surface area contributed by atoms with Crippen LogP contribution in [-0.4, -0.2) is 119 Å². The SMILES string of the molecule is COc1cc(N2CCC(N3CCN(CC4CCN(c5ccc6c(c5)CN(C5CCC(=O)NC5=O)C6)C4)CC3)CC2)c(-c2cnn(C)c2)cc1[N+](=O)[O-]. The second kappa shape index (κ2) is 14.5. The second-order valence-corrected chi connectivity index (χ2v) is 15.2. The van der Waals surface area contributed by atoms with E-state index in [1.54, 1.807) is 16.9 Å². The Hall–Kier alpha value is -4.53. The number of imide groups is 1. The van der Waals surface area contributed by atoms with Gasteiger partial charge in [-0.15, -0.1) is 0 Å². The van der Waals surface area contributed by atoms with Gasteiger partial charge in [0.05, 0.1) is 24.3 Å². The number of methoxy groups -OCH3 is 1. The van der Waals surface area contributed by atoms with Gasteiger partial charge < -0.3 is 19.4 Å². The summed E-state index contributed by atoms with van der Waals surface area (Å²) in [7, 11) is 3.34. The van der Waals surface area contributed by atoms with Gasteiger partial charge in [-0.05, 0) is 54.9 Å². The van der Waals surface area contributed by atoms with E-state index in [1.165, 1.54) is 30.3 Å². The van der Waals surface area contributed by atoms with Crippen LogP contribution in [0.2, 0.25) is 0 Å². The fourth-order valence-corrected chi connectivity index (χ4v) is 9.14. The van der Waals surface area contributed by atoms with Gasteiger partial charge >= 0.3 is 5.69 Å². The van der Waals surface area contributed by atoms with Crippen molar-refractivity contribution in [1.29, 1.82) is 0 Å². The second-order valence-electron chi connectivity index (χ2n) is 15.2. The molecule has 2 atom stereocenters. The molecule has 5 aliphatic rings. The van der Waals surface area contributed by atoms with Gasteiger partial charge in [-0.1, -0.05) is 6.07 Å².